The van der Waals surface area contributed by atoms with Crippen LogP contribution in [0, 0.1) is 5.92 Å². The quantitative estimate of drug-likeness (QED) is 0.371. The van der Waals surface area contributed by atoms with Crippen LogP contribution < -0.4 is 0 Å². The summed E-state index contributed by atoms with van der Waals surface area (Å²) in [5.41, 5.74) is -0.348. The van der Waals surface area contributed by atoms with E-state index >= 15 is 0 Å². The van der Waals surface area contributed by atoms with Gasteiger partial charge < -0.3 is 0 Å². The molecule has 1 saturated heterocycles. The Balaban J connectivity index is 2.54. The zero-order valence-corrected chi connectivity index (χ0v) is 14.6. The van der Waals surface area contributed by atoms with Crippen LogP contribution in [0.4, 0.5) is 0 Å². The highest BCUT2D eigenvalue weighted by Gasteiger charge is 2.45. The van der Waals surface area contributed by atoms with Crippen LogP contribution in [0.1, 0.15) is 79.1 Å². The van der Waals surface area contributed by atoms with Gasteiger partial charge in [0.15, 0.2) is 0 Å². The molecule has 0 bridgehead atoms. The Bertz CT molecular complexity index is 366. The highest BCUT2D eigenvalue weighted by Crippen LogP contribution is 2.34. The van der Waals surface area contributed by atoms with Gasteiger partial charge in [-0.2, -0.15) is 0 Å². The monoisotopic (exact) mass is 293 g/mol. The largest absolute Gasteiger partial charge is 0.277 e. The van der Waals surface area contributed by atoms with E-state index in [1.54, 1.807) is 4.90 Å². The number of hydrogen-bond donors (Lipinski definition) is 0. The number of unbranched alkanes of at least 4 members (excludes halogenated alkanes) is 4. The van der Waals surface area contributed by atoms with E-state index in [9.17, 15) is 9.59 Å². The Morgan fingerprint density at radius 3 is 2.43 bits per heavy atom. The van der Waals surface area contributed by atoms with Crippen molar-refractivity contribution in [1.29, 1.82) is 0 Å². The first-order valence-corrected chi connectivity index (χ1v) is 8.66. The topological polar surface area (TPSA) is 37.4 Å². The van der Waals surface area contributed by atoms with Crippen LogP contribution in [0.3, 0.4) is 0 Å². The molecule has 0 aliphatic carbocycles. The molecule has 1 rings (SSSR count). The Morgan fingerprint density at radius 2 is 1.86 bits per heavy atom. The molecule has 0 aromatic rings. The number of carbonyl (C=O) groups excluding carboxylic acids is 2. The first-order chi connectivity index (χ1) is 9.79. The fourth-order valence-corrected chi connectivity index (χ4v) is 3.64. The van der Waals surface area contributed by atoms with E-state index in [0.29, 0.717) is 12.2 Å². The third-order valence-corrected chi connectivity index (χ3v) is 4.41. The molecule has 4 heteroatoms. The van der Waals surface area contributed by atoms with Crippen molar-refractivity contribution >= 4 is 19.7 Å². The lowest BCUT2D eigenvalue weighted by atomic mass is 9.78. The number of amides is 2. The SMILES string of the molecule is BC(C)CC(C)(C)N1C(=O)CC(CCCCCCC)C1=O. The second-order valence-electron chi connectivity index (χ2n) is 7.58. The fraction of sp³-hybridized carbons (Fsp3) is 0.882. The Kier molecular flexibility index (Phi) is 6.95. The van der Waals surface area contributed by atoms with Crippen LogP contribution in [0.5, 0.6) is 0 Å². The van der Waals surface area contributed by atoms with Crippen LogP contribution >= 0.6 is 0 Å². The van der Waals surface area contributed by atoms with Crippen molar-refractivity contribution in [3.63, 3.8) is 0 Å². The van der Waals surface area contributed by atoms with Gasteiger partial charge in [-0.25, -0.2) is 0 Å². The standard InChI is InChI=1S/C17H32BNO2/c1-5-6-7-8-9-10-14-11-15(20)19(16(14)21)17(3,4)12-13(2)18/h13-14H,5-12,18H2,1-4H3. The number of likely N-dealkylation sites (tertiary alicyclic amines) is 1. The molecule has 21 heavy (non-hydrogen) atoms. The van der Waals surface area contributed by atoms with Gasteiger partial charge in [-0.15, -0.1) is 0 Å². The maximum atomic E-state index is 12.6. The Labute approximate surface area is 131 Å². The summed E-state index contributed by atoms with van der Waals surface area (Å²) in [4.78, 5) is 26.4. The molecule has 1 fully saturated rings. The lowest BCUT2D eigenvalue weighted by Gasteiger charge is -2.35. The second-order valence-corrected chi connectivity index (χ2v) is 7.58. The first-order valence-electron chi connectivity index (χ1n) is 8.66. The summed E-state index contributed by atoms with van der Waals surface area (Å²) in [6.45, 7) is 8.38. The molecule has 0 aromatic heterocycles. The van der Waals surface area contributed by atoms with Crippen molar-refractivity contribution < 1.29 is 9.59 Å². The maximum absolute atomic E-state index is 12.6. The van der Waals surface area contributed by atoms with Gasteiger partial charge in [-0.3, -0.25) is 14.5 Å². The van der Waals surface area contributed by atoms with Gasteiger partial charge in [0.1, 0.15) is 7.85 Å². The molecule has 0 spiro atoms. The Morgan fingerprint density at radius 1 is 1.24 bits per heavy atom. The van der Waals surface area contributed by atoms with Gasteiger partial charge in [0.2, 0.25) is 11.8 Å². The van der Waals surface area contributed by atoms with Crippen LogP contribution in [0.15, 0.2) is 0 Å². The summed E-state index contributed by atoms with van der Waals surface area (Å²) in [5, 5.41) is 0. The van der Waals surface area contributed by atoms with Crippen LogP contribution in [-0.2, 0) is 9.59 Å². The summed E-state index contributed by atoms with van der Waals surface area (Å²) >= 11 is 0. The number of carbonyl (C=O) groups is 2. The van der Waals surface area contributed by atoms with E-state index in [1.807, 2.05) is 13.8 Å². The average Bonchev–Trinajstić information content (AvgIpc) is 2.63. The van der Waals surface area contributed by atoms with Crippen molar-refractivity contribution in [3.05, 3.63) is 0 Å². The molecule has 0 aromatic carbocycles. The molecule has 120 valence electrons. The van der Waals surface area contributed by atoms with Crippen LogP contribution in [0.25, 0.3) is 0 Å². The minimum Gasteiger partial charge on any atom is -0.277 e. The molecule has 0 N–H and O–H groups in total. The number of nitrogens with zero attached hydrogens (tertiary/aromatic N) is 1. The van der Waals surface area contributed by atoms with E-state index in [2.05, 4.69) is 21.7 Å². The third-order valence-electron chi connectivity index (χ3n) is 4.41. The van der Waals surface area contributed by atoms with E-state index < -0.39 is 0 Å². The van der Waals surface area contributed by atoms with E-state index in [0.717, 1.165) is 19.3 Å². The van der Waals surface area contributed by atoms with Crippen LogP contribution in [0.2, 0.25) is 5.82 Å². The fourth-order valence-electron chi connectivity index (χ4n) is 3.64. The van der Waals surface area contributed by atoms with E-state index in [4.69, 9.17) is 0 Å². The average molecular weight is 293 g/mol. The van der Waals surface area contributed by atoms with E-state index in [-0.39, 0.29) is 23.3 Å². The van der Waals surface area contributed by atoms with Crippen molar-refractivity contribution in [3.8, 4) is 0 Å². The zero-order valence-electron chi connectivity index (χ0n) is 14.6. The highest BCUT2D eigenvalue weighted by molar-refractivity contribution is 6.11. The van der Waals surface area contributed by atoms with Crippen molar-refractivity contribution in [2.24, 2.45) is 5.92 Å². The molecule has 3 nitrogen and oxygen atoms in total. The van der Waals surface area contributed by atoms with Gasteiger partial charge in [0, 0.05) is 17.9 Å². The molecular formula is C17H32BNO2. The molecule has 1 aliphatic heterocycles. The van der Waals surface area contributed by atoms with Gasteiger partial charge in [0.25, 0.3) is 0 Å². The molecule has 2 atom stereocenters. The summed E-state index contributed by atoms with van der Waals surface area (Å²) < 4.78 is 0. The molecule has 0 saturated carbocycles. The lowest BCUT2D eigenvalue weighted by molar-refractivity contribution is -0.145. The third kappa shape index (κ3) is 5.16. The lowest BCUT2D eigenvalue weighted by Crippen LogP contribution is -2.48. The summed E-state index contributed by atoms with van der Waals surface area (Å²) in [6, 6.07) is 0. The minimum absolute atomic E-state index is 0.0317. The van der Waals surface area contributed by atoms with Crippen molar-refractivity contribution in [2.75, 3.05) is 0 Å². The number of imide groups is 1. The smallest absolute Gasteiger partial charge is 0.233 e. The second kappa shape index (κ2) is 8.00. The van der Waals surface area contributed by atoms with Gasteiger partial charge in [0.05, 0.1) is 0 Å². The number of rotatable bonds is 9. The summed E-state index contributed by atoms with van der Waals surface area (Å²) in [7, 11) is 2.14. The minimum atomic E-state index is -0.348. The Hall–Kier alpha value is -0.795. The van der Waals surface area contributed by atoms with Gasteiger partial charge >= 0.3 is 0 Å². The first kappa shape index (κ1) is 18.3. The summed E-state index contributed by atoms with van der Waals surface area (Å²) in [6.07, 6.45) is 8.17. The molecule has 1 heterocycles. The normalized spacial score (nSPS) is 21.1. The molecule has 1 aliphatic rings. The van der Waals surface area contributed by atoms with Crippen LogP contribution in [-0.4, -0.2) is 30.1 Å². The molecule has 2 amide bonds. The highest BCUT2D eigenvalue weighted by atomic mass is 16.2. The molecular weight excluding hydrogens is 261 g/mol. The van der Waals surface area contributed by atoms with E-state index in [1.165, 1.54) is 25.7 Å². The predicted octanol–water partition coefficient (Wildman–Crippen LogP) is 3.33. The maximum Gasteiger partial charge on any atom is 0.233 e. The molecule has 0 radical (unpaired) electrons. The molecule has 2 unspecified atom stereocenters. The van der Waals surface area contributed by atoms with Crippen molar-refractivity contribution in [1.82, 2.24) is 4.90 Å². The predicted molar refractivity (Wildman–Crippen MR) is 90.0 cm³/mol. The van der Waals surface area contributed by atoms with Gasteiger partial charge in [-0.1, -0.05) is 51.8 Å². The zero-order chi connectivity index (χ0) is 16.0. The summed E-state index contributed by atoms with van der Waals surface area (Å²) in [5.74, 6) is 0.518. The number of hydrogen-bond acceptors (Lipinski definition) is 2. The van der Waals surface area contributed by atoms with Crippen molar-refractivity contribution in [2.45, 2.75) is 90.4 Å². The van der Waals surface area contributed by atoms with Gasteiger partial charge in [-0.05, 0) is 26.7 Å².